The van der Waals surface area contributed by atoms with Gasteiger partial charge in [0.2, 0.25) is 0 Å². The molecule has 0 saturated heterocycles. The second kappa shape index (κ2) is 3.10. The van der Waals surface area contributed by atoms with E-state index in [1.54, 1.807) is 0 Å². The maximum absolute atomic E-state index is 6.10. The van der Waals surface area contributed by atoms with Crippen LogP contribution < -0.4 is 0 Å². The molecule has 1 heteroatoms. The highest BCUT2D eigenvalue weighted by molar-refractivity contribution is 6.31. The monoisotopic (exact) mass is 180 g/mol. The van der Waals surface area contributed by atoms with Crippen LogP contribution in [0.15, 0.2) is 18.2 Å². The predicted molar refractivity (Wildman–Crippen MR) is 52.8 cm³/mol. The van der Waals surface area contributed by atoms with E-state index in [1.807, 2.05) is 6.07 Å². The fourth-order valence-electron chi connectivity index (χ4n) is 1.70. The lowest BCUT2D eigenvalue weighted by molar-refractivity contribution is 0.420. The fraction of sp³-hybridized carbons (Fsp3) is 0.455. The highest BCUT2D eigenvalue weighted by atomic mass is 35.5. The van der Waals surface area contributed by atoms with E-state index in [4.69, 9.17) is 11.6 Å². The molecule has 0 aromatic heterocycles. The zero-order valence-electron chi connectivity index (χ0n) is 7.31. The van der Waals surface area contributed by atoms with Crippen LogP contribution in [-0.4, -0.2) is 0 Å². The van der Waals surface area contributed by atoms with E-state index in [1.165, 1.54) is 30.4 Å². The molecular weight excluding hydrogens is 168 g/mol. The SMILES string of the molecule is Cc1ccc(Cl)c(C2CCC2)c1. The quantitative estimate of drug-likeness (QED) is 0.615. The molecule has 2 rings (SSSR count). The van der Waals surface area contributed by atoms with Gasteiger partial charge in [-0.1, -0.05) is 35.7 Å². The molecular formula is C11H13Cl. The molecule has 1 aromatic carbocycles. The first-order chi connectivity index (χ1) is 5.77. The van der Waals surface area contributed by atoms with Gasteiger partial charge in [-0.05, 0) is 37.3 Å². The van der Waals surface area contributed by atoms with Crippen LogP contribution in [0.3, 0.4) is 0 Å². The highest BCUT2D eigenvalue weighted by Crippen LogP contribution is 2.39. The van der Waals surface area contributed by atoms with E-state index in [-0.39, 0.29) is 0 Å². The first kappa shape index (κ1) is 8.12. The molecule has 64 valence electrons. The highest BCUT2D eigenvalue weighted by Gasteiger charge is 2.21. The van der Waals surface area contributed by atoms with Crippen LogP contribution in [0.5, 0.6) is 0 Å². The second-order valence-corrected chi connectivity index (χ2v) is 4.06. The van der Waals surface area contributed by atoms with Crippen LogP contribution >= 0.6 is 11.6 Å². The van der Waals surface area contributed by atoms with Gasteiger partial charge < -0.3 is 0 Å². The van der Waals surface area contributed by atoms with E-state index in [2.05, 4.69) is 19.1 Å². The summed E-state index contributed by atoms with van der Waals surface area (Å²) in [6.45, 7) is 2.12. The Labute approximate surface area is 78.6 Å². The first-order valence-corrected chi connectivity index (χ1v) is 4.91. The van der Waals surface area contributed by atoms with Gasteiger partial charge in [0.05, 0.1) is 0 Å². The summed E-state index contributed by atoms with van der Waals surface area (Å²) in [5.41, 5.74) is 2.68. The van der Waals surface area contributed by atoms with Crippen molar-refractivity contribution in [3.63, 3.8) is 0 Å². The smallest absolute Gasteiger partial charge is 0.0441 e. The molecule has 0 amide bonds. The lowest BCUT2D eigenvalue weighted by atomic mass is 9.80. The molecule has 1 aliphatic rings. The van der Waals surface area contributed by atoms with Crippen molar-refractivity contribution in [1.82, 2.24) is 0 Å². The van der Waals surface area contributed by atoms with Gasteiger partial charge in [0.25, 0.3) is 0 Å². The maximum atomic E-state index is 6.10. The van der Waals surface area contributed by atoms with Crippen molar-refractivity contribution in [2.75, 3.05) is 0 Å². The van der Waals surface area contributed by atoms with E-state index in [0.717, 1.165) is 10.9 Å². The normalized spacial score (nSPS) is 17.5. The van der Waals surface area contributed by atoms with Crippen LogP contribution in [-0.2, 0) is 0 Å². The van der Waals surface area contributed by atoms with Crippen molar-refractivity contribution in [1.29, 1.82) is 0 Å². The number of halogens is 1. The van der Waals surface area contributed by atoms with Gasteiger partial charge in [-0.3, -0.25) is 0 Å². The molecule has 0 aliphatic heterocycles. The number of aryl methyl sites for hydroxylation is 1. The summed E-state index contributed by atoms with van der Waals surface area (Å²) < 4.78 is 0. The zero-order chi connectivity index (χ0) is 8.55. The Morgan fingerprint density at radius 1 is 1.33 bits per heavy atom. The minimum atomic E-state index is 0.748. The summed E-state index contributed by atoms with van der Waals surface area (Å²) in [4.78, 5) is 0. The zero-order valence-corrected chi connectivity index (χ0v) is 8.06. The average Bonchev–Trinajstić information content (AvgIpc) is 1.93. The minimum absolute atomic E-state index is 0.748. The summed E-state index contributed by atoms with van der Waals surface area (Å²) in [5.74, 6) is 0.748. The molecule has 0 N–H and O–H groups in total. The van der Waals surface area contributed by atoms with Gasteiger partial charge in [0, 0.05) is 5.02 Å². The van der Waals surface area contributed by atoms with Crippen LogP contribution in [0.1, 0.15) is 36.3 Å². The molecule has 1 saturated carbocycles. The Bertz CT molecular complexity index is 287. The van der Waals surface area contributed by atoms with Crippen molar-refractivity contribution in [2.45, 2.75) is 32.1 Å². The third-order valence-corrected chi connectivity index (χ3v) is 3.04. The topological polar surface area (TPSA) is 0 Å². The predicted octanol–water partition coefficient (Wildman–Crippen LogP) is 3.92. The second-order valence-electron chi connectivity index (χ2n) is 3.65. The van der Waals surface area contributed by atoms with E-state index in [0.29, 0.717) is 0 Å². The molecule has 0 bridgehead atoms. The lowest BCUT2D eigenvalue weighted by Crippen LogP contribution is -2.09. The van der Waals surface area contributed by atoms with Crippen LogP contribution in [0.4, 0.5) is 0 Å². The summed E-state index contributed by atoms with van der Waals surface area (Å²) in [7, 11) is 0. The molecule has 0 heterocycles. The Kier molecular flexibility index (Phi) is 2.10. The Balaban J connectivity index is 2.34. The van der Waals surface area contributed by atoms with Crippen molar-refractivity contribution >= 4 is 11.6 Å². The molecule has 0 spiro atoms. The molecule has 0 unspecified atom stereocenters. The van der Waals surface area contributed by atoms with Crippen molar-refractivity contribution < 1.29 is 0 Å². The average molecular weight is 181 g/mol. The van der Waals surface area contributed by atoms with Crippen molar-refractivity contribution in [3.05, 3.63) is 34.3 Å². The number of benzene rings is 1. The maximum Gasteiger partial charge on any atom is 0.0441 e. The summed E-state index contributed by atoms with van der Waals surface area (Å²) >= 11 is 6.10. The van der Waals surface area contributed by atoms with E-state index < -0.39 is 0 Å². The first-order valence-electron chi connectivity index (χ1n) is 4.53. The Hall–Kier alpha value is -0.490. The molecule has 1 fully saturated rings. The summed E-state index contributed by atoms with van der Waals surface area (Å²) in [6, 6.07) is 6.32. The van der Waals surface area contributed by atoms with E-state index in [9.17, 15) is 0 Å². The molecule has 1 aromatic rings. The number of rotatable bonds is 1. The molecule has 0 radical (unpaired) electrons. The number of hydrogen-bond acceptors (Lipinski definition) is 0. The third kappa shape index (κ3) is 1.36. The van der Waals surface area contributed by atoms with Gasteiger partial charge in [-0.15, -0.1) is 0 Å². The molecule has 0 nitrogen and oxygen atoms in total. The van der Waals surface area contributed by atoms with Crippen LogP contribution in [0, 0.1) is 6.92 Å². The van der Waals surface area contributed by atoms with Gasteiger partial charge >= 0.3 is 0 Å². The fourth-order valence-corrected chi connectivity index (χ4v) is 1.97. The minimum Gasteiger partial charge on any atom is -0.0840 e. The summed E-state index contributed by atoms with van der Waals surface area (Å²) in [6.07, 6.45) is 4.02. The Morgan fingerprint density at radius 2 is 2.08 bits per heavy atom. The largest absolute Gasteiger partial charge is 0.0840 e. The van der Waals surface area contributed by atoms with Crippen LogP contribution in [0.2, 0.25) is 5.02 Å². The van der Waals surface area contributed by atoms with Gasteiger partial charge in [0.1, 0.15) is 0 Å². The lowest BCUT2D eigenvalue weighted by Gasteiger charge is -2.26. The van der Waals surface area contributed by atoms with Gasteiger partial charge in [0.15, 0.2) is 0 Å². The van der Waals surface area contributed by atoms with Crippen molar-refractivity contribution in [2.24, 2.45) is 0 Å². The van der Waals surface area contributed by atoms with Gasteiger partial charge in [-0.25, -0.2) is 0 Å². The molecule has 1 aliphatic carbocycles. The van der Waals surface area contributed by atoms with Crippen molar-refractivity contribution in [3.8, 4) is 0 Å². The number of hydrogen-bond donors (Lipinski definition) is 0. The summed E-state index contributed by atoms with van der Waals surface area (Å²) in [5, 5.41) is 0.949. The van der Waals surface area contributed by atoms with E-state index >= 15 is 0 Å². The standard InChI is InChI=1S/C11H13Cl/c1-8-5-6-11(12)10(7-8)9-3-2-4-9/h5-7,9H,2-4H2,1H3. The third-order valence-electron chi connectivity index (χ3n) is 2.70. The molecule has 12 heavy (non-hydrogen) atoms. The van der Waals surface area contributed by atoms with Gasteiger partial charge in [-0.2, -0.15) is 0 Å². The van der Waals surface area contributed by atoms with Crippen LogP contribution in [0.25, 0.3) is 0 Å². The molecule has 0 atom stereocenters. The Morgan fingerprint density at radius 3 is 2.67 bits per heavy atom.